The molecule has 38 heavy (non-hydrogen) atoms. The third-order valence-electron chi connectivity index (χ3n) is 6.01. The van der Waals surface area contributed by atoms with Gasteiger partial charge in [0, 0.05) is 5.56 Å². The molecule has 194 valence electrons. The van der Waals surface area contributed by atoms with Gasteiger partial charge in [0.2, 0.25) is 0 Å². The van der Waals surface area contributed by atoms with Crippen LogP contribution in [-0.2, 0) is 4.79 Å². The molecule has 0 aliphatic heterocycles. The number of carbonyl (C=O) groups excluding carboxylic acids is 1. The maximum atomic E-state index is 13.5. The number of benzene rings is 3. The monoisotopic (exact) mass is 528 g/mol. The fourth-order valence-corrected chi connectivity index (χ4v) is 5.34. The van der Waals surface area contributed by atoms with Crippen LogP contribution >= 0.6 is 11.3 Å². The normalized spacial score (nSPS) is 11.6. The van der Waals surface area contributed by atoms with Gasteiger partial charge in [0.1, 0.15) is 15.9 Å². The SMILES string of the molecule is NC(N)=[NH+]CCC[C@H](NC(=O)c1sc(C(c2ccccc2)c2ccccc2)nc1-c1ccccc1)C(=O)O. The molecule has 0 radical (unpaired) electrons. The van der Waals surface area contributed by atoms with Crippen LogP contribution in [0.1, 0.15) is 44.6 Å². The smallest absolute Gasteiger partial charge is 0.338 e. The number of hydrogen-bond donors (Lipinski definition) is 5. The van der Waals surface area contributed by atoms with Crippen LogP contribution in [0.3, 0.4) is 0 Å². The molecular formula is C29H30N5O3S+. The zero-order valence-electron chi connectivity index (χ0n) is 20.7. The van der Waals surface area contributed by atoms with E-state index in [4.69, 9.17) is 16.5 Å². The van der Waals surface area contributed by atoms with Gasteiger partial charge in [-0.3, -0.25) is 21.3 Å². The van der Waals surface area contributed by atoms with Crippen LogP contribution in [0.25, 0.3) is 11.3 Å². The first-order chi connectivity index (χ1) is 18.4. The highest BCUT2D eigenvalue weighted by atomic mass is 32.1. The van der Waals surface area contributed by atoms with Gasteiger partial charge in [0.15, 0.2) is 0 Å². The first-order valence-electron chi connectivity index (χ1n) is 12.3. The summed E-state index contributed by atoms with van der Waals surface area (Å²) in [6.07, 6.45) is 0.670. The summed E-state index contributed by atoms with van der Waals surface area (Å²) in [4.78, 5) is 33.6. The fraction of sp³-hybridized carbons (Fsp3) is 0.172. The van der Waals surface area contributed by atoms with Crippen LogP contribution in [0, 0.1) is 0 Å². The summed E-state index contributed by atoms with van der Waals surface area (Å²) in [6, 6.07) is 28.4. The lowest BCUT2D eigenvalue weighted by molar-refractivity contribution is -0.459. The molecule has 9 heteroatoms. The van der Waals surface area contributed by atoms with E-state index in [-0.39, 0.29) is 18.3 Å². The molecule has 0 saturated heterocycles. The van der Waals surface area contributed by atoms with Crippen molar-refractivity contribution in [1.82, 2.24) is 10.3 Å². The minimum atomic E-state index is -1.11. The van der Waals surface area contributed by atoms with Gasteiger partial charge in [-0.25, -0.2) is 9.78 Å². The van der Waals surface area contributed by atoms with E-state index >= 15 is 0 Å². The molecule has 4 aromatic rings. The summed E-state index contributed by atoms with van der Waals surface area (Å²) >= 11 is 1.28. The summed E-state index contributed by atoms with van der Waals surface area (Å²) < 4.78 is 0. The highest BCUT2D eigenvalue weighted by Gasteiger charge is 2.28. The first kappa shape index (κ1) is 26.6. The van der Waals surface area contributed by atoms with Crippen molar-refractivity contribution < 1.29 is 19.7 Å². The average Bonchev–Trinajstić information content (AvgIpc) is 3.37. The van der Waals surface area contributed by atoms with Crippen LogP contribution in [0.2, 0.25) is 0 Å². The van der Waals surface area contributed by atoms with Crippen LogP contribution < -0.4 is 21.8 Å². The number of nitrogens with zero attached hydrogens (tertiary/aromatic N) is 1. The Hall–Kier alpha value is -4.50. The van der Waals surface area contributed by atoms with Gasteiger partial charge in [0.05, 0.1) is 18.2 Å². The molecule has 0 aliphatic carbocycles. The van der Waals surface area contributed by atoms with Gasteiger partial charge in [0.25, 0.3) is 5.91 Å². The van der Waals surface area contributed by atoms with Crippen molar-refractivity contribution >= 4 is 29.2 Å². The number of thiazole rings is 1. The molecule has 0 spiro atoms. The number of aromatic nitrogens is 1. The number of carbonyl (C=O) groups is 2. The number of carboxylic acid groups (broad SMARTS) is 1. The summed E-state index contributed by atoms with van der Waals surface area (Å²) in [5.41, 5.74) is 14.2. The fourth-order valence-electron chi connectivity index (χ4n) is 4.19. The van der Waals surface area contributed by atoms with Gasteiger partial charge >= 0.3 is 11.9 Å². The zero-order chi connectivity index (χ0) is 26.9. The predicted molar refractivity (Wildman–Crippen MR) is 149 cm³/mol. The van der Waals surface area contributed by atoms with Crippen LogP contribution in [0.15, 0.2) is 91.0 Å². The van der Waals surface area contributed by atoms with Crippen molar-refractivity contribution in [3.63, 3.8) is 0 Å². The Balaban J connectivity index is 1.72. The number of nitrogens with two attached hydrogens (primary N) is 2. The van der Waals surface area contributed by atoms with Gasteiger partial charge in [-0.05, 0) is 24.0 Å². The standard InChI is InChI=1S/C29H29N5O3S/c30-29(31)32-18-10-17-22(28(36)37)33-26(35)25-24(21-15-8-3-9-16-21)34-27(38-25)23(19-11-4-1-5-12-19)20-13-6-2-7-14-20/h1-9,11-16,22-23H,10,17-18H2,(H,33,35)(H,36,37)(H4,30,31,32)/p+1/t22-/m0/s1. The van der Waals surface area contributed by atoms with E-state index < -0.39 is 17.9 Å². The molecule has 0 unspecified atom stereocenters. The Morgan fingerprint density at radius 2 is 1.45 bits per heavy atom. The van der Waals surface area contributed by atoms with E-state index in [0.717, 1.165) is 21.7 Å². The summed E-state index contributed by atoms with van der Waals surface area (Å²) in [6.45, 7) is 0.401. The second kappa shape index (κ2) is 12.6. The minimum absolute atomic E-state index is 0.0667. The average molecular weight is 529 g/mol. The van der Waals surface area contributed by atoms with Crippen LogP contribution in [0.4, 0.5) is 0 Å². The Morgan fingerprint density at radius 3 is 1.97 bits per heavy atom. The third-order valence-corrected chi connectivity index (χ3v) is 7.13. The summed E-state index contributed by atoms with van der Waals surface area (Å²) in [5, 5.41) is 13.2. The van der Waals surface area contributed by atoms with Gasteiger partial charge in [-0.1, -0.05) is 91.0 Å². The van der Waals surface area contributed by atoms with Gasteiger partial charge in [-0.15, -0.1) is 11.3 Å². The highest BCUT2D eigenvalue weighted by molar-refractivity contribution is 7.14. The van der Waals surface area contributed by atoms with Crippen molar-refractivity contribution in [3.8, 4) is 11.3 Å². The number of aliphatic carboxylic acids is 1. The number of hydrogen-bond acceptors (Lipinski definition) is 4. The lowest BCUT2D eigenvalue weighted by Gasteiger charge is -2.15. The Morgan fingerprint density at radius 1 is 0.895 bits per heavy atom. The highest BCUT2D eigenvalue weighted by Crippen LogP contribution is 2.38. The van der Waals surface area contributed by atoms with Gasteiger partial charge in [-0.2, -0.15) is 0 Å². The topological polar surface area (TPSA) is 145 Å². The number of amides is 1. The number of carboxylic acids is 1. The minimum Gasteiger partial charge on any atom is -0.480 e. The second-order valence-corrected chi connectivity index (χ2v) is 9.77. The number of rotatable bonds is 11. The first-order valence-corrected chi connectivity index (χ1v) is 13.1. The van der Waals surface area contributed by atoms with E-state index in [1.165, 1.54) is 11.3 Å². The van der Waals surface area contributed by atoms with Crippen molar-refractivity contribution in [2.75, 3.05) is 6.54 Å². The molecule has 7 N–H and O–H groups in total. The Kier molecular flexibility index (Phi) is 8.84. The lowest BCUT2D eigenvalue weighted by atomic mass is 9.92. The van der Waals surface area contributed by atoms with Crippen molar-refractivity contribution in [1.29, 1.82) is 0 Å². The molecule has 0 bridgehead atoms. The van der Waals surface area contributed by atoms with Crippen LogP contribution in [0.5, 0.6) is 0 Å². The van der Waals surface area contributed by atoms with Gasteiger partial charge < -0.3 is 10.4 Å². The van der Waals surface area contributed by atoms with E-state index in [1.807, 2.05) is 91.0 Å². The molecule has 3 aromatic carbocycles. The van der Waals surface area contributed by atoms with Crippen molar-refractivity contribution in [2.45, 2.75) is 24.8 Å². The van der Waals surface area contributed by atoms with E-state index in [1.54, 1.807) is 0 Å². The molecule has 8 nitrogen and oxygen atoms in total. The zero-order valence-corrected chi connectivity index (χ0v) is 21.5. The lowest BCUT2D eigenvalue weighted by Crippen LogP contribution is -2.78. The van der Waals surface area contributed by atoms with E-state index in [2.05, 4.69) is 10.3 Å². The molecule has 0 fully saturated rings. The maximum absolute atomic E-state index is 13.5. The maximum Gasteiger partial charge on any atom is 0.338 e. The molecule has 1 aromatic heterocycles. The molecule has 1 heterocycles. The molecular weight excluding hydrogens is 498 g/mol. The molecule has 4 rings (SSSR count). The van der Waals surface area contributed by atoms with Crippen molar-refractivity contribution in [2.24, 2.45) is 11.5 Å². The van der Waals surface area contributed by atoms with Crippen LogP contribution in [-0.4, -0.2) is 40.5 Å². The molecule has 1 atom stereocenters. The summed E-state index contributed by atoms with van der Waals surface area (Å²) in [7, 11) is 0. The van der Waals surface area contributed by atoms with E-state index in [9.17, 15) is 14.7 Å². The number of guanidine groups is 1. The van der Waals surface area contributed by atoms with Crippen molar-refractivity contribution in [3.05, 3.63) is 112 Å². The predicted octanol–water partition coefficient (Wildman–Crippen LogP) is 2.31. The molecule has 1 amide bonds. The quantitative estimate of drug-likeness (QED) is 0.115. The largest absolute Gasteiger partial charge is 0.480 e. The molecule has 0 saturated carbocycles. The molecule has 0 aliphatic rings. The second-order valence-electron chi connectivity index (χ2n) is 8.74. The number of nitrogens with one attached hydrogen (secondary N) is 2. The Bertz CT molecular complexity index is 1350. The third kappa shape index (κ3) is 6.63. The summed E-state index contributed by atoms with van der Waals surface area (Å²) in [5.74, 6) is -1.71. The Labute approximate surface area is 225 Å². The van der Waals surface area contributed by atoms with E-state index in [0.29, 0.717) is 23.5 Å².